The number of carbonyl (C=O) groups is 4. The fraction of sp³-hybridized carbons (Fsp3) is 0.514. The lowest BCUT2D eigenvalue weighted by molar-refractivity contribution is -0.145. The van der Waals surface area contributed by atoms with Crippen molar-refractivity contribution in [1.82, 2.24) is 25.5 Å². The van der Waals surface area contributed by atoms with Crippen molar-refractivity contribution >= 4 is 29.6 Å². The van der Waals surface area contributed by atoms with Crippen molar-refractivity contribution in [2.45, 2.75) is 100 Å². The molecule has 2 saturated carbocycles. The molecule has 252 valence electrons. The molecule has 1 saturated heterocycles. The van der Waals surface area contributed by atoms with Gasteiger partial charge in [0.2, 0.25) is 11.8 Å². The number of carbonyl (C=O) groups excluding carboxylic acids is 3. The fourth-order valence-corrected chi connectivity index (χ4v) is 7.42. The molecule has 13 nitrogen and oxygen atoms in total. The number of nitrogens with one attached hydrogen (secondary N) is 2. The number of ether oxygens (including phenoxy) is 1. The molecule has 2 aromatic rings. The second-order valence-electron chi connectivity index (χ2n) is 13.4. The molecule has 13 heteroatoms. The van der Waals surface area contributed by atoms with Gasteiger partial charge in [-0.3, -0.25) is 19.6 Å². The number of nitrogens with zero attached hydrogens (tertiary/aromatic N) is 4. The number of oxime groups is 1. The minimum Gasteiger partial charge on any atom is -0.479 e. The highest BCUT2D eigenvalue weighted by Crippen LogP contribution is 2.45. The molecular weight excluding hydrogens is 616 g/mol. The van der Waals surface area contributed by atoms with Gasteiger partial charge in [0.25, 0.3) is 0 Å². The number of allylic oxidation sites excluding steroid dienone is 1. The molecular formula is C35H40N6O7. The highest BCUT2D eigenvalue weighted by atomic mass is 16.6. The maximum atomic E-state index is 14.3. The predicted octanol–water partition coefficient (Wildman–Crippen LogP) is 3.71. The smallest absolute Gasteiger partial charge is 0.408 e. The number of fused-ring (bicyclic) bond motifs is 5. The van der Waals surface area contributed by atoms with Gasteiger partial charge in [0, 0.05) is 35.9 Å². The Labute approximate surface area is 278 Å². The number of aromatic nitrogens is 2. The molecule has 3 N–H and O–H groups in total. The number of aliphatic carboxylic acids is 1. The van der Waals surface area contributed by atoms with Crippen molar-refractivity contribution < 1.29 is 33.9 Å². The first-order valence-corrected chi connectivity index (χ1v) is 17.0. The van der Waals surface area contributed by atoms with Crippen LogP contribution in [0.5, 0.6) is 0 Å². The normalized spacial score (nSPS) is 29.2. The molecule has 2 aromatic heterocycles. The summed E-state index contributed by atoms with van der Waals surface area (Å²) in [7, 11) is 0. The number of pyridine rings is 2. The maximum Gasteiger partial charge on any atom is 0.408 e. The molecule has 0 unspecified atom stereocenters. The molecule has 4 heterocycles. The van der Waals surface area contributed by atoms with Crippen LogP contribution < -0.4 is 10.6 Å². The summed E-state index contributed by atoms with van der Waals surface area (Å²) < 4.78 is 5.63. The quantitative estimate of drug-likeness (QED) is 0.273. The molecule has 3 amide bonds. The van der Waals surface area contributed by atoms with Crippen LogP contribution in [-0.4, -0.2) is 85.9 Å². The van der Waals surface area contributed by atoms with Gasteiger partial charge in [-0.15, -0.1) is 0 Å². The number of carboxylic acids is 1. The summed E-state index contributed by atoms with van der Waals surface area (Å²) in [4.78, 5) is 70.0. The van der Waals surface area contributed by atoms with E-state index in [4.69, 9.17) is 9.57 Å². The Morgan fingerprint density at radius 2 is 1.69 bits per heavy atom. The monoisotopic (exact) mass is 656 g/mol. The molecule has 7 rings (SSSR count). The summed E-state index contributed by atoms with van der Waals surface area (Å²) in [6.07, 6.45) is 13.0. The molecule has 3 aliphatic carbocycles. The first-order chi connectivity index (χ1) is 23.3. The van der Waals surface area contributed by atoms with E-state index in [1.165, 1.54) is 4.90 Å². The zero-order valence-corrected chi connectivity index (χ0v) is 26.7. The van der Waals surface area contributed by atoms with Crippen LogP contribution in [0.1, 0.15) is 82.0 Å². The van der Waals surface area contributed by atoms with Gasteiger partial charge in [0.05, 0.1) is 6.54 Å². The van der Waals surface area contributed by atoms with E-state index in [2.05, 4.69) is 25.8 Å². The highest BCUT2D eigenvalue weighted by Gasteiger charge is 2.61. The number of carboxylic acid groups (broad SMARTS) is 1. The molecule has 0 aromatic carbocycles. The van der Waals surface area contributed by atoms with E-state index in [1.54, 1.807) is 12.4 Å². The Bertz CT molecular complexity index is 1610. The van der Waals surface area contributed by atoms with Crippen molar-refractivity contribution in [2.75, 3.05) is 6.54 Å². The molecule has 3 fully saturated rings. The largest absolute Gasteiger partial charge is 0.479 e. The van der Waals surface area contributed by atoms with Crippen LogP contribution in [0.15, 0.2) is 54.0 Å². The van der Waals surface area contributed by atoms with Crippen LogP contribution in [0.3, 0.4) is 0 Å². The maximum absolute atomic E-state index is 14.3. The van der Waals surface area contributed by atoms with Crippen molar-refractivity contribution in [3.8, 4) is 11.1 Å². The molecule has 0 bridgehead atoms. The van der Waals surface area contributed by atoms with Gasteiger partial charge in [-0.1, -0.05) is 42.3 Å². The topological polar surface area (TPSA) is 172 Å². The highest BCUT2D eigenvalue weighted by molar-refractivity contribution is 6.22. The van der Waals surface area contributed by atoms with Crippen LogP contribution in [0, 0.1) is 5.92 Å². The number of hydrogen-bond donors (Lipinski definition) is 3. The Balaban J connectivity index is 1.15. The average molecular weight is 657 g/mol. The van der Waals surface area contributed by atoms with E-state index >= 15 is 0 Å². The lowest BCUT2D eigenvalue weighted by atomic mass is 10.0. The van der Waals surface area contributed by atoms with Gasteiger partial charge in [-0.2, -0.15) is 0 Å². The van der Waals surface area contributed by atoms with Crippen LogP contribution >= 0.6 is 0 Å². The summed E-state index contributed by atoms with van der Waals surface area (Å²) in [5.74, 6) is -2.47. The van der Waals surface area contributed by atoms with Crippen LogP contribution in [0.25, 0.3) is 11.1 Å². The van der Waals surface area contributed by atoms with E-state index in [9.17, 15) is 24.3 Å². The Morgan fingerprint density at radius 1 is 0.979 bits per heavy atom. The Hall–Kier alpha value is -4.81. The standard InChI is InChI=1S/C35H40N6O7/c42-31-27-18-23(48-40-30-28-24(13-8-16-36-28)25-14-9-17-37-29(25)30)20-41(27)32(43)26(38-34(46)47-22-11-6-7-12-22)15-5-3-1-2-4-10-21-19-35(21,39-31)33(44)45/h4,8-10,13-14,16-17,21-23,26-27H,1-3,5-7,11-12,15,18-20H2,(H,38,46)(H,39,42)(H,44,45)/b10-4-/t21-,23-,26+,27+,35+/m1/s1. The van der Waals surface area contributed by atoms with Gasteiger partial charge < -0.3 is 30.2 Å². The number of hydrogen-bond acceptors (Lipinski definition) is 9. The van der Waals surface area contributed by atoms with E-state index < -0.39 is 47.6 Å². The zero-order valence-electron chi connectivity index (χ0n) is 26.7. The van der Waals surface area contributed by atoms with Crippen molar-refractivity contribution in [3.63, 3.8) is 0 Å². The summed E-state index contributed by atoms with van der Waals surface area (Å²) >= 11 is 0. The van der Waals surface area contributed by atoms with Gasteiger partial charge in [0.15, 0.2) is 5.71 Å². The molecule has 0 spiro atoms. The van der Waals surface area contributed by atoms with E-state index in [1.807, 2.05) is 36.4 Å². The summed E-state index contributed by atoms with van der Waals surface area (Å²) in [6, 6.07) is 5.58. The minimum atomic E-state index is -1.43. The third-order valence-electron chi connectivity index (χ3n) is 10.1. The second-order valence-corrected chi connectivity index (χ2v) is 13.4. The van der Waals surface area contributed by atoms with Gasteiger partial charge >= 0.3 is 12.1 Å². The molecule has 48 heavy (non-hydrogen) atoms. The Morgan fingerprint density at radius 3 is 2.40 bits per heavy atom. The minimum absolute atomic E-state index is 0.0110. The van der Waals surface area contributed by atoms with E-state index in [0.29, 0.717) is 29.9 Å². The van der Waals surface area contributed by atoms with Crippen LogP contribution in [0.4, 0.5) is 4.79 Å². The molecule has 5 atom stereocenters. The lowest BCUT2D eigenvalue weighted by Crippen LogP contribution is -2.56. The van der Waals surface area contributed by atoms with Gasteiger partial charge in [0.1, 0.15) is 41.2 Å². The number of alkyl carbamates (subject to hydrolysis) is 1. The lowest BCUT2D eigenvalue weighted by Gasteiger charge is -2.29. The van der Waals surface area contributed by atoms with E-state index in [-0.39, 0.29) is 31.4 Å². The Kier molecular flexibility index (Phi) is 8.84. The van der Waals surface area contributed by atoms with Crippen LogP contribution in [-0.2, 0) is 24.0 Å². The van der Waals surface area contributed by atoms with Gasteiger partial charge in [-0.25, -0.2) is 9.59 Å². The average Bonchev–Trinajstić information content (AvgIpc) is 3.42. The number of rotatable bonds is 5. The first-order valence-electron chi connectivity index (χ1n) is 17.0. The predicted molar refractivity (Wildman–Crippen MR) is 173 cm³/mol. The molecule has 0 radical (unpaired) electrons. The second kappa shape index (κ2) is 13.4. The third kappa shape index (κ3) is 6.25. The van der Waals surface area contributed by atoms with Crippen molar-refractivity contribution in [1.29, 1.82) is 0 Å². The number of amides is 3. The molecule has 2 aliphatic heterocycles. The fourth-order valence-electron chi connectivity index (χ4n) is 7.42. The van der Waals surface area contributed by atoms with Crippen molar-refractivity contribution in [3.05, 3.63) is 60.2 Å². The van der Waals surface area contributed by atoms with Crippen molar-refractivity contribution in [2.24, 2.45) is 11.1 Å². The van der Waals surface area contributed by atoms with Gasteiger partial charge in [-0.05, 0) is 63.5 Å². The van der Waals surface area contributed by atoms with Crippen LogP contribution in [0.2, 0.25) is 0 Å². The first kappa shape index (κ1) is 31.8. The third-order valence-corrected chi connectivity index (χ3v) is 10.1. The summed E-state index contributed by atoms with van der Waals surface area (Å²) in [5, 5.41) is 20.2. The molecule has 5 aliphatic rings. The SMILES string of the molecule is O=C(N[C@H]1CCCCC/C=C\[C@@H]2C[C@]2(C(=O)O)NC(=O)[C@@H]2C[C@@H](ON=C3c4ncccc4-c4cccnc43)CN2C1=O)OC1CCCC1. The van der Waals surface area contributed by atoms with E-state index in [0.717, 1.165) is 56.1 Å². The summed E-state index contributed by atoms with van der Waals surface area (Å²) in [6.45, 7) is 0.0110. The zero-order chi connectivity index (χ0) is 33.3. The summed E-state index contributed by atoms with van der Waals surface area (Å²) in [5.41, 5.74) is 2.01.